The van der Waals surface area contributed by atoms with E-state index in [0.717, 1.165) is 4.47 Å². The summed E-state index contributed by atoms with van der Waals surface area (Å²) >= 11 is 4.57. The molecule has 0 aliphatic heterocycles. The number of thioether (sulfide) groups is 1. The van der Waals surface area contributed by atoms with Crippen LogP contribution in [-0.4, -0.2) is 33.7 Å². The third-order valence-electron chi connectivity index (χ3n) is 1.47. The first kappa shape index (κ1) is 11.8. The number of nitrogens with zero attached hydrogens (tertiary/aromatic N) is 1. The largest absolute Gasteiger partial charge is 0.397 e. The molecule has 0 amide bonds. The van der Waals surface area contributed by atoms with E-state index in [1.54, 1.807) is 12.3 Å². The topological polar surface area (TPSA) is 79.4 Å². The summed E-state index contributed by atoms with van der Waals surface area (Å²) in [7, 11) is 0. The molecule has 0 bridgehead atoms. The van der Waals surface area contributed by atoms with Gasteiger partial charge in [-0.1, -0.05) is 0 Å². The van der Waals surface area contributed by atoms with Crippen molar-refractivity contribution in [3.05, 3.63) is 16.7 Å². The first-order valence-electron chi connectivity index (χ1n) is 3.96. The van der Waals surface area contributed by atoms with Gasteiger partial charge in [-0.2, -0.15) is 0 Å². The highest BCUT2D eigenvalue weighted by atomic mass is 79.9. The van der Waals surface area contributed by atoms with Crippen LogP contribution in [-0.2, 0) is 0 Å². The second kappa shape index (κ2) is 5.55. The third kappa shape index (κ3) is 3.45. The van der Waals surface area contributed by atoms with Crippen LogP contribution in [0, 0.1) is 0 Å². The van der Waals surface area contributed by atoms with Crippen molar-refractivity contribution < 1.29 is 10.2 Å². The van der Waals surface area contributed by atoms with Crippen molar-refractivity contribution in [2.45, 2.75) is 11.1 Å². The predicted molar refractivity (Wildman–Crippen MR) is 60.2 cm³/mol. The monoisotopic (exact) mass is 278 g/mol. The van der Waals surface area contributed by atoms with Gasteiger partial charge >= 0.3 is 0 Å². The molecule has 78 valence electrons. The molecule has 0 spiro atoms. The number of nitrogen functional groups attached to an aromatic ring is 1. The van der Waals surface area contributed by atoms with E-state index in [9.17, 15) is 0 Å². The molecule has 0 saturated heterocycles. The van der Waals surface area contributed by atoms with Gasteiger partial charge in [0.25, 0.3) is 0 Å². The van der Waals surface area contributed by atoms with Crippen LogP contribution < -0.4 is 5.73 Å². The van der Waals surface area contributed by atoms with Crippen molar-refractivity contribution >= 4 is 33.4 Å². The zero-order chi connectivity index (χ0) is 10.6. The van der Waals surface area contributed by atoms with Crippen LogP contribution in [0.25, 0.3) is 0 Å². The Hall–Kier alpha value is -0.300. The SMILES string of the molecule is Nc1cc(Br)cnc1SCC(O)CO. The first-order chi connectivity index (χ1) is 6.63. The zero-order valence-corrected chi connectivity index (χ0v) is 9.75. The fraction of sp³-hybridized carbons (Fsp3) is 0.375. The number of hydrogen-bond acceptors (Lipinski definition) is 5. The summed E-state index contributed by atoms with van der Waals surface area (Å²) in [6.45, 7) is -0.247. The molecule has 1 aromatic heterocycles. The van der Waals surface area contributed by atoms with E-state index in [4.69, 9.17) is 15.9 Å². The van der Waals surface area contributed by atoms with Crippen molar-refractivity contribution in [2.24, 2.45) is 0 Å². The number of nitrogens with two attached hydrogens (primary N) is 1. The fourth-order valence-electron chi connectivity index (χ4n) is 0.791. The highest BCUT2D eigenvalue weighted by Gasteiger charge is 2.06. The maximum Gasteiger partial charge on any atom is 0.119 e. The van der Waals surface area contributed by atoms with Crippen molar-refractivity contribution in [2.75, 3.05) is 18.1 Å². The molecular formula is C8H11BrN2O2S. The van der Waals surface area contributed by atoms with Gasteiger partial charge in [0.2, 0.25) is 0 Å². The zero-order valence-electron chi connectivity index (χ0n) is 7.35. The number of rotatable bonds is 4. The van der Waals surface area contributed by atoms with Gasteiger partial charge in [0.05, 0.1) is 18.4 Å². The summed E-state index contributed by atoms with van der Waals surface area (Å²) in [5.41, 5.74) is 6.26. The molecular weight excluding hydrogens is 268 g/mol. The van der Waals surface area contributed by atoms with Gasteiger partial charge in [0.1, 0.15) is 5.03 Å². The molecule has 14 heavy (non-hydrogen) atoms. The average molecular weight is 279 g/mol. The fourth-order valence-corrected chi connectivity index (χ4v) is 1.95. The van der Waals surface area contributed by atoms with E-state index in [-0.39, 0.29) is 6.61 Å². The Morgan fingerprint density at radius 3 is 2.93 bits per heavy atom. The van der Waals surface area contributed by atoms with E-state index in [1.165, 1.54) is 11.8 Å². The van der Waals surface area contributed by atoms with Gasteiger partial charge in [0.15, 0.2) is 0 Å². The molecule has 1 unspecified atom stereocenters. The van der Waals surface area contributed by atoms with E-state index in [0.29, 0.717) is 16.5 Å². The Labute approximate surface area is 94.7 Å². The standard InChI is InChI=1S/C8H11BrN2O2S/c9-5-1-7(10)8(11-2-5)14-4-6(13)3-12/h1-2,6,12-13H,3-4,10H2. The van der Waals surface area contributed by atoms with Gasteiger partial charge in [-0.15, -0.1) is 11.8 Å². The maximum absolute atomic E-state index is 9.12. The lowest BCUT2D eigenvalue weighted by atomic mass is 10.4. The van der Waals surface area contributed by atoms with Gasteiger partial charge < -0.3 is 15.9 Å². The summed E-state index contributed by atoms with van der Waals surface area (Å²) in [6, 6.07) is 1.75. The third-order valence-corrected chi connectivity index (χ3v) is 3.07. The molecule has 0 fully saturated rings. The van der Waals surface area contributed by atoms with Crippen LogP contribution in [0.4, 0.5) is 5.69 Å². The summed E-state index contributed by atoms with van der Waals surface area (Å²) in [5, 5.41) is 18.4. The van der Waals surface area contributed by atoms with Gasteiger partial charge in [-0.05, 0) is 22.0 Å². The highest BCUT2D eigenvalue weighted by Crippen LogP contribution is 2.25. The highest BCUT2D eigenvalue weighted by molar-refractivity contribution is 9.10. The summed E-state index contributed by atoms with van der Waals surface area (Å²) in [4.78, 5) is 4.08. The van der Waals surface area contributed by atoms with Crippen molar-refractivity contribution in [3.8, 4) is 0 Å². The Morgan fingerprint density at radius 1 is 1.64 bits per heavy atom. The molecule has 1 heterocycles. The summed E-state index contributed by atoms with van der Waals surface area (Å²) in [6.07, 6.45) is 0.911. The lowest BCUT2D eigenvalue weighted by Crippen LogP contribution is -2.14. The molecule has 1 aromatic rings. The lowest BCUT2D eigenvalue weighted by molar-refractivity contribution is 0.113. The van der Waals surface area contributed by atoms with Crippen molar-refractivity contribution in [1.82, 2.24) is 4.98 Å². The van der Waals surface area contributed by atoms with Crippen molar-refractivity contribution in [3.63, 3.8) is 0 Å². The second-order valence-electron chi connectivity index (χ2n) is 2.70. The summed E-state index contributed by atoms with van der Waals surface area (Å²) < 4.78 is 0.821. The molecule has 1 rings (SSSR count). The molecule has 6 heteroatoms. The molecule has 0 saturated carbocycles. The number of halogens is 1. The van der Waals surface area contributed by atoms with E-state index >= 15 is 0 Å². The van der Waals surface area contributed by atoms with E-state index in [1.807, 2.05) is 0 Å². The molecule has 0 aromatic carbocycles. The minimum Gasteiger partial charge on any atom is -0.397 e. The van der Waals surface area contributed by atoms with Gasteiger partial charge in [-0.25, -0.2) is 4.98 Å². The number of aliphatic hydroxyl groups excluding tert-OH is 2. The number of aromatic nitrogens is 1. The average Bonchev–Trinajstić information content (AvgIpc) is 2.16. The molecule has 0 radical (unpaired) electrons. The molecule has 0 aliphatic rings. The molecule has 4 N–H and O–H groups in total. The Bertz CT molecular complexity index is 311. The minimum atomic E-state index is -0.732. The smallest absolute Gasteiger partial charge is 0.119 e. The summed E-state index contributed by atoms with van der Waals surface area (Å²) in [5.74, 6) is 0.384. The minimum absolute atomic E-state index is 0.247. The van der Waals surface area contributed by atoms with Crippen molar-refractivity contribution in [1.29, 1.82) is 0 Å². The van der Waals surface area contributed by atoms with Crippen LogP contribution in [0.15, 0.2) is 21.8 Å². The van der Waals surface area contributed by atoms with Crippen LogP contribution in [0.1, 0.15) is 0 Å². The van der Waals surface area contributed by atoms with Crippen LogP contribution >= 0.6 is 27.7 Å². The predicted octanol–water partition coefficient (Wildman–Crippen LogP) is 0.872. The normalized spacial score (nSPS) is 12.8. The Morgan fingerprint density at radius 2 is 2.36 bits per heavy atom. The van der Waals surface area contributed by atoms with Gasteiger partial charge in [0, 0.05) is 16.4 Å². The van der Waals surface area contributed by atoms with Crippen LogP contribution in [0.2, 0.25) is 0 Å². The number of pyridine rings is 1. The molecule has 0 aliphatic carbocycles. The first-order valence-corrected chi connectivity index (χ1v) is 5.74. The maximum atomic E-state index is 9.12. The van der Waals surface area contributed by atoms with E-state index in [2.05, 4.69) is 20.9 Å². The number of anilines is 1. The van der Waals surface area contributed by atoms with Gasteiger partial charge in [-0.3, -0.25) is 0 Å². The number of hydrogen-bond donors (Lipinski definition) is 3. The Balaban J connectivity index is 2.59. The molecule has 1 atom stereocenters. The molecule has 4 nitrogen and oxygen atoms in total. The number of aliphatic hydroxyl groups is 2. The van der Waals surface area contributed by atoms with E-state index < -0.39 is 6.10 Å². The van der Waals surface area contributed by atoms with Crippen LogP contribution in [0.3, 0.4) is 0 Å². The lowest BCUT2D eigenvalue weighted by Gasteiger charge is -2.07. The quantitative estimate of drug-likeness (QED) is 0.713. The van der Waals surface area contributed by atoms with Crippen LogP contribution in [0.5, 0.6) is 0 Å². The Kier molecular flexibility index (Phi) is 4.67. The second-order valence-corrected chi connectivity index (χ2v) is 4.62.